The second kappa shape index (κ2) is 5.89. The van der Waals surface area contributed by atoms with Gasteiger partial charge in [0.05, 0.1) is 7.11 Å². The predicted molar refractivity (Wildman–Crippen MR) is 71.4 cm³/mol. The van der Waals surface area contributed by atoms with E-state index in [1.807, 2.05) is 30.3 Å². The van der Waals surface area contributed by atoms with E-state index in [0.29, 0.717) is 6.54 Å². The van der Waals surface area contributed by atoms with Crippen LogP contribution >= 0.6 is 11.8 Å². The molecule has 18 heavy (non-hydrogen) atoms. The molecule has 0 spiro atoms. The number of hydrogen-bond donors (Lipinski definition) is 1. The highest BCUT2D eigenvalue weighted by Crippen LogP contribution is 2.30. The lowest BCUT2D eigenvalue weighted by Gasteiger charge is -2.05. The summed E-state index contributed by atoms with van der Waals surface area (Å²) in [5, 5.41) is 0. The van der Waals surface area contributed by atoms with E-state index in [-0.39, 0.29) is 5.82 Å². The fraction of sp³-hybridized carbons (Fsp3) is 0.143. The Hall–Kier alpha value is -1.52. The number of rotatable bonds is 4. The Morgan fingerprint density at radius 3 is 2.44 bits per heavy atom. The van der Waals surface area contributed by atoms with Crippen LogP contribution in [0.2, 0.25) is 0 Å². The topological polar surface area (TPSA) is 35.2 Å². The lowest BCUT2D eigenvalue weighted by atomic mass is 10.2. The first-order valence-corrected chi connectivity index (χ1v) is 6.34. The lowest BCUT2D eigenvalue weighted by molar-refractivity contribution is 0.414. The molecule has 4 heteroatoms. The van der Waals surface area contributed by atoms with Crippen molar-refractivity contribution in [3.8, 4) is 5.75 Å². The number of nitrogens with two attached hydrogens (primary N) is 1. The number of benzene rings is 2. The summed E-state index contributed by atoms with van der Waals surface area (Å²) in [4.78, 5) is 1.88. The SMILES string of the molecule is COc1ccc(Sc2cc(F)cc(CN)c2)cc1. The van der Waals surface area contributed by atoms with E-state index < -0.39 is 0 Å². The normalized spacial score (nSPS) is 10.4. The van der Waals surface area contributed by atoms with Gasteiger partial charge in [0.1, 0.15) is 11.6 Å². The molecule has 0 aromatic heterocycles. The van der Waals surface area contributed by atoms with E-state index in [1.165, 1.54) is 23.9 Å². The second-order valence-electron chi connectivity index (χ2n) is 3.78. The number of hydrogen-bond acceptors (Lipinski definition) is 3. The van der Waals surface area contributed by atoms with Gasteiger partial charge in [-0.1, -0.05) is 11.8 Å². The van der Waals surface area contributed by atoms with Gasteiger partial charge in [0.2, 0.25) is 0 Å². The molecule has 0 amide bonds. The van der Waals surface area contributed by atoms with Crippen molar-refractivity contribution in [2.45, 2.75) is 16.3 Å². The third-order valence-corrected chi connectivity index (χ3v) is 3.44. The Labute approximate surface area is 110 Å². The summed E-state index contributed by atoms with van der Waals surface area (Å²) in [6, 6.07) is 12.5. The predicted octanol–water partition coefficient (Wildman–Crippen LogP) is 3.44. The summed E-state index contributed by atoms with van der Waals surface area (Å²) in [6.45, 7) is 0.341. The van der Waals surface area contributed by atoms with Gasteiger partial charge in [0, 0.05) is 16.3 Å². The zero-order valence-electron chi connectivity index (χ0n) is 10.0. The van der Waals surface area contributed by atoms with Gasteiger partial charge in [-0.15, -0.1) is 0 Å². The molecule has 0 saturated heterocycles. The third-order valence-electron chi connectivity index (χ3n) is 2.46. The molecule has 2 nitrogen and oxygen atoms in total. The first-order valence-electron chi connectivity index (χ1n) is 5.52. The average Bonchev–Trinajstić information content (AvgIpc) is 2.39. The first kappa shape index (κ1) is 12.9. The Morgan fingerprint density at radius 1 is 1.11 bits per heavy atom. The third kappa shape index (κ3) is 3.24. The number of methoxy groups -OCH3 is 1. The van der Waals surface area contributed by atoms with Crippen LogP contribution in [0.4, 0.5) is 4.39 Å². The van der Waals surface area contributed by atoms with E-state index in [2.05, 4.69) is 0 Å². The molecule has 0 radical (unpaired) electrons. The standard InChI is InChI=1S/C14H14FNOS/c1-17-12-2-4-13(5-3-12)18-14-7-10(9-16)6-11(15)8-14/h2-8H,9,16H2,1H3. The average molecular weight is 263 g/mol. The van der Waals surface area contributed by atoms with Crippen molar-refractivity contribution in [3.63, 3.8) is 0 Å². The van der Waals surface area contributed by atoms with Crippen LogP contribution in [-0.2, 0) is 6.54 Å². The quantitative estimate of drug-likeness (QED) is 0.917. The van der Waals surface area contributed by atoms with Crippen molar-refractivity contribution in [1.82, 2.24) is 0 Å². The van der Waals surface area contributed by atoms with Crippen LogP contribution in [0.5, 0.6) is 5.75 Å². The lowest BCUT2D eigenvalue weighted by Crippen LogP contribution is -1.96. The molecule has 0 aliphatic rings. The van der Waals surface area contributed by atoms with Gasteiger partial charge in [-0.3, -0.25) is 0 Å². The van der Waals surface area contributed by atoms with E-state index >= 15 is 0 Å². The Bertz CT molecular complexity index is 528. The molecule has 0 unspecified atom stereocenters. The largest absolute Gasteiger partial charge is 0.497 e. The van der Waals surface area contributed by atoms with Crippen molar-refractivity contribution in [2.24, 2.45) is 5.73 Å². The fourth-order valence-electron chi connectivity index (χ4n) is 1.58. The molecular formula is C14H14FNOS. The second-order valence-corrected chi connectivity index (χ2v) is 4.92. The van der Waals surface area contributed by atoms with Gasteiger partial charge in [-0.25, -0.2) is 4.39 Å². The van der Waals surface area contributed by atoms with Crippen LogP contribution in [-0.4, -0.2) is 7.11 Å². The number of halogens is 1. The van der Waals surface area contributed by atoms with Gasteiger partial charge in [-0.05, 0) is 48.0 Å². The van der Waals surface area contributed by atoms with Crippen molar-refractivity contribution < 1.29 is 9.13 Å². The Morgan fingerprint density at radius 2 is 1.83 bits per heavy atom. The zero-order valence-corrected chi connectivity index (χ0v) is 10.8. The molecule has 2 aromatic rings. The van der Waals surface area contributed by atoms with E-state index in [1.54, 1.807) is 7.11 Å². The molecule has 0 heterocycles. The van der Waals surface area contributed by atoms with Crippen LogP contribution in [0.25, 0.3) is 0 Å². The highest BCUT2D eigenvalue weighted by Gasteiger charge is 2.02. The minimum Gasteiger partial charge on any atom is -0.497 e. The maximum atomic E-state index is 13.3. The minimum absolute atomic E-state index is 0.256. The summed E-state index contributed by atoms with van der Waals surface area (Å²) in [6.07, 6.45) is 0. The summed E-state index contributed by atoms with van der Waals surface area (Å²) in [5.74, 6) is 0.551. The summed E-state index contributed by atoms with van der Waals surface area (Å²) < 4.78 is 18.4. The molecule has 2 N–H and O–H groups in total. The molecule has 94 valence electrons. The van der Waals surface area contributed by atoms with Crippen LogP contribution in [0.3, 0.4) is 0 Å². The van der Waals surface area contributed by atoms with Gasteiger partial charge < -0.3 is 10.5 Å². The first-order chi connectivity index (χ1) is 8.71. The zero-order chi connectivity index (χ0) is 13.0. The fourth-order valence-corrected chi connectivity index (χ4v) is 2.50. The summed E-state index contributed by atoms with van der Waals surface area (Å²) in [5.41, 5.74) is 6.32. The molecule has 0 atom stereocenters. The highest BCUT2D eigenvalue weighted by molar-refractivity contribution is 7.99. The summed E-state index contributed by atoms with van der Waals surface area (Å²) in [7, 11) is 1.63. The molecule has 0 bridgehead atoms. The van der Waals surface area contributed by atoms with E-state index in [4.69, 9.17) is 10.5 Å². The Balaban J connectivity index is 2.19. The van der Waals surface area contributed by atoms with Gasteiger partial charge in [-0.2, -0.15) is 0 Å². The van der Waals surface area contributed by atoms with Crippen LogP contribution in [0, 0.1) is 5.82 Å². The maximum Gasteiger partial charge on any atom is 0.124 e. The van der Waals surface area contributed by atoms with Crippen molar-refractivity contribution in [1.29, 1.82) is 0 Å². The molecule has 2 aromatic carbocycles. The summed E-state index contributed by atoms with van der Waals surface area (Å²) >= 11 is 1.50. The molecule has 0 fully saturated rings. The van der Waals surface area contributed by atoms with Crippen molar-refractivity contribution in [3.05, 3.63) is 53.8 Å². The van der Waals surface area contributed by atoms with Crippen LogP contribution < -0.4 is 10.5 Å². The highest BCUT2D eigenvalue weighted by atomic mass is 32.2. The van der Waals surface area contributed by atoms with Crippen molar-refractivity contribution in [2.75, 3.05) is 7.11 Å². The Kier molecular flexibility index (Phi) is 4.23. The van der Waals surface area contributed by atoms with Gasteiger partial charge >= 0.3 is 0 Å². The smallest absolute Gasteiger partial charge is 0.124 e. The molecule has 0 aliphatic carbocycles. The number of ether oxygens (including phenoxy) is 1. The molecular weight excluding hydrogens is 249 g/mol. The molecule has 2 rings (SSSR count). The van der Waals surface area contributed by atoms with Crippen molar-refractivity contribution >= 4 is 11.8 Å². The van der Waals surface area contributed by atoms with Crippen LogP contribution in [0.1, 0.15) is 5.56 Å². The maximum absolute atomic E-state index is 13.3. The van der Waals surface area contributed by atoms with Gasteiger partial charge in [0.25, 0.3) is 0 Å². The van der Waals surface area contributed by atoms with E-state index in [0.717, 1.165) is 21.1 Å². The van der Waals surface area contributed by atoms with Gasteiger partial charge in [0.15, 0.2) is 0 Å². The van der Waals surface area contributed by atoms with E-state index in [9.17, 15) is 4.39 Å². The minimum atomic E-state index is -0.256. The molecule has 0 aliphatic heterocycles. The van der Waals surface area contributed by atoms with Crippen LogP contribution in [0.15, 0.2) is 52.3 Å². The monoisotopic (exact) mass is 263 g/mol. The molecule has 0 saturated carbocycles.